The van der Waals surface area contributed by atoms with Crippen LogP contribution >= 0.6 is 11.6 Å². The van der Waals surface area contributed by atoms with Crippen LogP contribution < -0.4 is 10.2 Å². The van der Waals surface area contributed by atoms with Crippen LogP contribution in [0.5, 0.6) is 0 Å². The van der Waals surface area contributed by atoms with E-state index in [9.17, 15) is 22.8 Å². The first-order valence-corrected chi connectivity index (χ1v) is 10.4. The maximum absolute atomic E-state index is 12.8. The van der Waals surface area contributed by atoms with Gasteiger partial charge in [0.1, 0.15) is 5.82 Å². The molecule has 3 amide bonds. The molecule has 0 radical (unpaired) electrons. The van der Waals surface area contributed by atoms with Gasteiger partial charge in [-0.1, -0.05) is 11.6 Å². The monoisotopic (exact) mass is 447 g/mol. The fraction of sp³-hybridized carbons (Fsp3) is 0.632. The molecule has 11 heteroatoms. The Morgan fingerprint density at radius 2 is 1.73 bits per heavy atom. The lowest BCUT2D eigenvalue weighted by Crippen LogP contribution is -2.54. The second-order valence-corrected chi connectivity index (χ2v) is 7.84. The summed E-state index contributed by atoms with van der Waals surface area (Å²) in [5.74, 6) is 0.230. The number of alkyl halides is 3. The number of anilines is 1. The maximum atomic E-state index is 12.8. The Bertz CT molecular complexity index is 776. The van der Waals surface area contributed by atoms with Crippen LogP contribution in [0.15, 0.2) is 12.3 Å². The van der Waals surface area contributed by atoms with E-state index < -0.39 is 11.7 Å². The number of amides is 3. The third-order valence-corrected chi connectivity index (χ3v) is 5.78. The van der Waals surface area contributed by atoms with Gasteiger partial charge in [0, 0.05) is 57.9 Å². The summed E-state index contributed by atoms with van der Waals surface area (Å²) in [5.41, 5.74) is -0.881. The summed E-state index contributed by atoms with van der Waals surface area (Å²) in [6, 6.07) is 0.772. The molecule has 0 atom stereocenters. The second kappa shape index (κ2) is 9.28. The number of piperidine rings is 1. The summed E-state index contributed by atoms with van der Waals surface area (Å²) < 4.78 is 38.4. The molecule has 166 valence electrons. The highest BCUT2D eigenvalue weighted by molar-refractivity contribution is 6.33. The van der Waals surface area contributed by atoms with Crippen LogP contribution in [0.4, 0.5) is 23.8 Å². The summed E-state index contributed by atoms with van der Waals surface area (Å²) in [6.45, 7) is 5.42. The topological polar surface area (TPSA) is 68.8 Å². The zero-order chi connectivity index (χ0) is 21.9. The molecular weight excluding hydrogens is 423 g/mol. The van der Waals surface area contributed by atoms with Gasteiger partial charge < -0.3 is 20.0 Å². The minimum atomic E-state index is -4.49. The van der Waals surface area contributed by atoms with Gasteiger partial charge in [-0.05, 0) is 25.8 Å². The zero-order valence-electron chi connectivity index (χ0n) is 16.7. The number of nitrogens with one attached hydrogen (secondary N) is 1. The number of pyridine rings is 1. The lowest BCUT2D eigenvalue weighted by molar-refractivity contribution is -0.138. The van der Waals surface area contributed by atoms with Crippen LogP contribution in [0.2, 0.25) is 5.02 Å². The van der Waals surface area contributed by atoms with Crippen LogP contribution in [0.25, 0.3) is 0 Å². The number of hydrogen-bond donors (Lipinski definition) is 1. The van der Waals surface area contributed by atoms with E-state index in [1.54, 1.807) is 9.80 Å². The molecule has 3 heterocycles. The number of carbonyl (C=O) groups excluding carboxylic acids is 2. The summed E-state index contributed by atoms with van der Waals surface area (Å²) in [6.07, 6.45) is -2.55. The standard InChI is InChI=1S/C19H25ClF3N5O2/c1-2-24-18(30)28-9-7-27(8-10-28)17(29)13-3-5-26(6-4-13)16-15(20)11-14(12-25-16)19(21,22)23/h11-13H,2-10H2,1H3,(H,24,30). The fourth-order valence-corrected chi connectivity index (χ4v) is 4.09. The number of rotatable bonds is 3. The number of aromatic nitrogens is 1. The largest absolute Gasteiger partial charge is 0.417 e. The van der Waals surface area contributed by atoms with Crippen LogP contribution in [0, 0.1) is 5.92 Å². The van der Waals surface area contributed by atoms with Crippen LogP contribution in [-0.4, -0.2) is 72.5 Å². The van der Waals surface area contributed by atoms with Crippen LogP contribution in [-0.2, 0) is 11.0 Å². The molecule has 0 unspecified atom stereocenters. The van der Waals surface area contributed by atoms with Gasteiger partial charge in [0.25, 0.3) is 0 Å². The first kappa shape index (κ1) is 22.5. The van der Waals surface area contributed by atoms with E-state index in [0.717, 1.165) is 12.3 Å². The molecule has 7 nitrogen and oxygen atoms in total. The van der Waals surface area contributed by atoms with E-state index in [4.69, 9.17) is 11.6 Å². The average molecular weight is 448 g/mol. The minimum absolute atomic E-state index is 0.0453. The number of urea groups is 1. The summed E-state index contributed by atoms with van der Waals surface area (Å²) in [4.78, 5) is 33.9. The predicted molar refractivity (Wildman–Crippen MR) is 106 cm³/mol. The van der Waals surface area contributed by atoms with Crippen molar-refractivity contribution in [2.45, 2.75) is 25.9 Å². The van der Waals surface area contributed by atoms with Crippen LogP contribution in [0.3, 0.4) is 0 Å². The Morgan fingerprint density at radius 3 is 2.27 bits per heavy atom. The summed E-state index contributed by atoms with van der Waals surface area (Å²) in [7, 11) is 0. The molecule has 0 aromatic carbocycles. The molecule has 1 N–H and O–H groups in total. The van der Waals surface area contributed by atoms with E-state index in [1.807, 2.05) is 11.8 Å². The number of hydrogen-bond acceptors (Lipinski definition) is 4. The van der Waals surface area contributed by atoms with Gasteiger partial charge in [-0.2, -0.15) is 13.2 Å². The first-order valence-electron chi connectivity index (χ1n) is 10.00. The van der Waals surface area contributed by atoms with Gasteiger partial charge in [-0.25, -0.2) is 9.78 Å². The Hall–Kier alpha value is -2.23. The van der Waals surface area contributed by atoms with Gasteiger partial charge in [-0.15, -0.1) is 0 Å². The smallest absolute Gasteiger partial charge is 0.355 e. The molecule has 2 aliphatic rings. The van der Waals surface area contributed by atoms with Crippen LogP contribution in [0.1, 0.15) is 25.3 Å². The molecular formula is C19H25ClF3N5O2. The van der Waals surface area contributed by atoms with E-state index in [2.05, 4.69) is 10.3 Å². The molecule has 2 aliphatic heterocycles. The highest BCUT2D eigenvalue weighted by Gasteiger charge is 2.34. The quantitative estimate of drug-likeness (QED) is 0.773. The SMILES string of the molecule is CCNC(=O)N1CCN(C(=O)C2CCN(c3ncc(C(F)(F)F)cc3Cl)CC2)CC1. The molecule has 1 aromatic heterocycles. The molecule has 30 heavy (non-hydrogen) atoms. The van der Waals surface area contributed by atoms with Gasteiger partial charge in [-0.3, -0.25) is 4.79 Å². The number of piperazine rings is 1. The van der Waals surface area contributed by atoms with Gasteiger partial charge >= 0.3 is 12.2 Å². The summed E-state index contributed by atoms with van der Waals surface area (Å²) >= 11 is 6.03. The molecule has 0 saturated carbocycles. The van der Waals surface area contributed by atoms with E-state index in [-0.39, 0.29) is 22.9 Å². The zero-order valence-corrected chi connectivity index (χ0v) is 17.5. The maximum Gasteiger partial charge on any atom is 0.417 e. The summed E-state index contributed by atoms with van der Waals surface area (Å²) in [5, 5.41) is 2.71. The lowest BCUT2D eigenvalue weighted by atomic mass is 9.95. The third-order valence-electron chi connectivity index (χ3n) is 5.50. The van der Waals surface area contributed by atoms with Crippen molar-refractivity contribution in [3.05, 3.63) is 22.8 Å². The van der Waals surface area contributed by atoms with E-state index in [1.165, 1.54) is 0 Å². The van der Waals surface area contributed by atoms with Crippen molar-refractivity contribution < 1.29 is 22.8 Å². The normalized spacial score (nSPS) is 18.5. The highest BCUT2D eigenvalue weighted by Crippen LogP contribution is 2.34. The fourth-order valence-electron chi connectivity index (χ4n) is 3.81. The van der Waals surface area contributed by atoms with E-state index >= 15 is 0 Å². The lowest BCUT2D eigenvalue weighted by Gasteiger charge is -2.38. The molecule has 0 spiro atoms. The van der Waals surface area contributed by atoms with Crippen molar-refractivity contribution in [2.24, 2.45) is 5.92 Å². The Labute approximate surface area is 178 Å². The number of halogens is 4. The third kappa shape index (κ3) is 5.08. The molecule has 1 aromatic rings. The van der Waals surface area contributed by atoms with Crippen molar-refractivity contribution in [3.8, 4) is 0 Å². The number of carbonyl (C=O) groups is 2. The Balaban J connectivity index is 1.52. The van der Waals surface area contributed by atoms with Gasteiger partial charge in [0.05, 0.1) is 10.6 Å². The molecule has 2 saturated heterocycles. The highest BCUT2D eigenvalue weighted by atomic mass is 35.5. The van der Waals surface area contributed by atoms with Gasteiger partial charge in [0.15, 0.2) is 0 Å². The molecule has 0 aliphatic carbocycles. The average Bonchev–Trinajstić information content (AvgIpc) is 2.73. The van der Waals surface area contributed by atoms with Crippen molar-refractivity contribution in [1.82, 2.24) is 20.1 Å². The molecule has 3 rings (SSSR count). The van der Waals surface area contributed by atoms with Crippen molar-refractivity contribution >= 4 is 29.4 Å². The van der Waals surface area contributed by atoms with Crippen molar-refractivity contribution in [2.75, 3.05) is 50.7 Å². The minimum Gasteiger partial charge on any atom is -0.355 e. The molecule has 2 fully saturated rings. The predicted octanol–water partition coefficient (Wildman–Crippen LogP) is 2.84. The first-order chi connectivity index (χ1) is 14.2. The van der Waals surface area contributed by atoms with Crippen molar-refractivity contribution in [3.63, 3.8) is 0 Å². The molecule has 0 bridgehead atoms. The van der Waals surface area contributed by atoms with Gasteiger partial charge in [0.2, 0.25) is 5.91 Å². The Kier molecular flexibility index (Phi) is 6.95. The Morgan fingerprint density at radius 1 is 1.13 bits per heavy atom. The number of nitrogens with zero attached hydrogens (tertiary/aromatic N) is 4. The van der Waals surface area contributed by atoms with Crippen molar-refractivity contribution in [1.29, 1.82) is 0 Å². The second-order valence-electron chi connectivity index (χ2n) is 7.44. The van der Waals surface area contributed by atoms with E-state index in [0.29, 0.717) is 64.5 Å².